The highest BCUT2D eigenvalue weighted by Gasteiger charge is 1.99. The van der Waals surface area contributed by atoms with Crippen LogP contribution in [0.4, 0.5) is 0 Å². The molecule has 0 saturated heterocycles. The molecule has 3 nitrogen and oxygen atoms in total. The fourth-order valence-electron chi connectivity index (χ4n) is 0.499. The van der Waals surface area contributed by atoms with Gasteiger partial charge in [0.15, 0.2) is 0 Å². The second-order valence-corrected chi connectivity index (χ2v) is 4.56. The summed E-state index contributed by atoms with van der Waals surface area (Å²) in [6.07, 6.45) is 1.42. The van der Waals surface area contributed by atoms with Crippen LogP contribution >= 0.6 is 7.37 Å². The summed E-state index contributed by atoms with van der Waals surface area (Å²) < 4.78 is 10.6. The summed E-state index contributed by atoms with van der Waals surface area (Å²) >= 11 is 0. The molecule has 0 aromatic carbocycles. The minimum Gasteiger partial charge on any atom is -0.799 e. The average Bonchev–Trinajstić information content (AvgIpc) is 1.67. The fourth-order valence-corrected chi connectivity index (χ4v) is 1.50. The Balaban J connectivity index is 0. The molecule has 0 spiro atoms. The second-order valence-electron chi connectivity index (χ2n) is 1.85. The largest absolute Gasteiger partial charge is 0.799 e. The highest BCUT2D eigenvalue weighted by atomic mass is 31.2. The lowest BCUT2D eigenvalue weighted by Gasteiger charge is -2.19. The van der Waals surface area contributed by atoms with E-state index in [2.05, 4.69) is 0 Å². The van der Waals surface area contributed by atoms with Gasteiger partial charge in [-0.3, -0.25) is 0 Å². The molecular weight excluding hydrogens is 137 g/mol. The van der Waals surface area contributed by atoms with E-state index in [4.69, 9.17) is 0 Å². The van der Waals surface area contributed by atoms with Gasteiger partial charge in [0.25, 0.3) is 0 Å². The van der Waals surface area contributed by atoms with Crippen LogP contribution in [0, 0.1) is 0 Å². The summed E-state index contributed by atoms with van der Waals surface area (Å²) in [6.45, 7) is 3.56. The van der Waals surface area contributed by atoms with Crippen molar-refractivity contribution in [2.45, 2.75) is 20.3 Å². The van der Waals surface area contributed by atoms with Crippen molar-refractivity contribution in [2.75, 3.05) is 12.3 Å². The molecule has 0 aromatic rings. The molecule has 58 valence electrons. The quantitative estimate of drug-likeness (QED) is 0.622. The van der Waals surface area contributed by atoms with Gasteiger partial charge in [0.1, 0.15) is 0 Å². The van der Waals surface area contributed by atoms with E-state index < -0.39 is 7.37 Å². The van der Waals surface area contributed by atoms with Gasteiger partial charge in [0.2, 0.25) is 0 Å². The highest BCUT2D eigenvalue weighted by Crippen LogP contribution is 2.34. The van der Waals surface area contributed by atoms with Crippen LogP contribution in [0.5, 0.6) is 0 Å². The summed E-state index contributed by atoms with van der Waals surface area (Å²) in [6, 6.07) is 0. The fraction of sp³-hybridized carbons (Fsp3) is 1.00. The monoisotopic (exact) mass is 153 g/mol. The van der Waals surface area contributed by atoms with Crippen LogP contribution < -0.4 is 11.0 Å². The Hall–Kier alpha value is 0.150. The van der Waals surface area contributed by atoms with Crippen molar-refractivity contribution in [3.63, 3.8) is 0 Å². The summed E-state index contributed by atoms with van der Waals surface area (Å²) in [4.78, 5) is 10.6. The molecule has 0 rings (SSSR count). The van der Waals surface area contributed by atoms with Crippen molar-refractivity contribution in [3.8, 4) is 0 Å². The third kappa shape index (κ3) is 6.03. The standard InChI is InChI=1S/C5H13O2P.H3N/c1-3-5-8(6,7)4-2;/h3-5H2,1-2H3,(H,6,7);1H3. The molecule has 0 aliphatic carbocycles. The van der Waals surface area contributed by atoms with Gasteiger partial charge in [-0.1, -0.05) is 20.3 Å². The maximum absolute atomic E-state index is 10.6. The zero-order valence-corrected chi connectivity index (χ0v) is 7.28. The number of hydrogen-bond acceptors (Lipinski definition) is 2. The first kappa shape index (κ1) is 11.9. The van der Waals surface area contributed by atoms with Crippen LogP contribution in [0.25, 0.3) is 0 Å². The molecule has 0 fully saturated rings. The Morgan fingerprint density at radius 3 is 2.00 bits per heavy atom. The summed E-state index contributed by atoms with van der Waals surface area (Å²) in [7, 11) is -2.92. The number of rotatable bonds is 3. The third-order valence-corrected chi connectivity index (χ3v) is 3.14. The van der Waals surface area contributed by atoms with Gasteiger partial charge in [-0.05, 0) is 12.3 Å². The van der Waals surface area contributed by atoms with Crippen LogP contribution in [0.15, 0.2) is 0 Å². The van der Waals surface area contributed by atoms with E-state index in [9.17, 15) is 9.46 Å². The Morgan fingerprint density at radius 1 is 1.44 bits per heavy atom. The van der Waals surface area contributed by atoms with Crippen molar-refractivity contribution >= 4 is 7.37 Å². The van der Waals surface area contributed by atoms with E-state index in [1.54, 1.807) is 6.92 Å². The highest BCUT2D eigenvalue weighted by molar-refractivity contribution is 7.56. The van der Waals surface area contributed by atoms with Crippen molar-refractivity contribution in [1.29, 1.82) is 0 Å². The smallest absolute Gasteiger partial charge is 0.0145 e. The zero-order valence-electron chi connectivity index (χ0n) is 6.39. The number of quaternary nitrogens is 1. The van der Waals surface area contributed by atoms with Crippen LogP contribution in [-0.2, 0) is 4.57 Å². The predicted octanol–water partition coefficient (Wildman–Crippen LogP) is 1.43. The Morgan fingerprint density at radius 2 is 1.89 bits per heavy atom. The normalized spacial score (nSPS) is 15.9. The second kappa shape index (κ2) is 4.98. The molecule has 4 N–H and O–H groups in total. The van der Waals surface area contributed by atoms with Gasteiger partial charge in [-0.25, -0.2) is 0 Å². The van der Waals surface area contributed by atoms with E-state index in [1.165, 1.54) is 0 Å². The summed E-state index contributed by atoms with van der Waals surface area (Å²) in [5, 5.41) is 0. The molecule has 0 aliphatic rings. The van der Waals surface area contributed by atoms with E-state index in [-0.39, 0.29) is 6.15 Å². The maximum atomic E-state index is 10.6. The van der Waals surface area contributed by atoms with Gasteiger partial charge in [-0.2, -0.15) is 0 Å². The lowest BCUT2D eigenvalue weighted by Crippen LogP contribution is -2.05. The molecular formula is C5H16NO2P. The molecule has 0 aliphatic heterocycles. The molecule has 9 heavy (non-hydrogen) atoms. The first-order chi connectivity index (χ1) is 3.62. The lowest BCUT2D eigenvalue weighted by molar-refractivity contribution is -0.174. The lowest BCUT2D eigenvalue weighted by atomic mass is 10.6. The molecule has 0 aromatic heterocycles. The van der Waals surface area contributed by atoms with Crippen molar-refractivity contribution in [3.05, 3.63) is 0 Å². The Kier molecular flexibility index (Phi) is 6.57. The van der Waals surface area contributed by atoms with Gasteiger partial charge < -0.3 is 15.6 Å². The van der Waals surface area contributed by atoms with Crippen molar-refractivity contribution in [2.24, 2.45) is 0 Å². The van der Waals surface area contributed by atoms with Gasteiger partial charge in [-0.15, -0.1) is 0 Å². The van der Waals surface area contributed by atoms with Crippen molar-refractivity contribution < 1.29 is 9.46 Å². The molecule has 0 radical (unpaired) electrons. The molecule has 0 bridgehead atoms. The SMILES string of the molecule is CCCP(=O)([O-])CC.[NH4+]. The van der Waals surface area contributed by atoms with Crippen LogP contribution in [0.3, 0.4) is 0 Å². The maximum Gasteiger partial charge on any atom is 0.0145 e. The van der Waals surface area contributed by atoms with Gasteiger partial charge in [0, 0.05) is 7.37 Å². The van der Waals surface area contributed by atoms with E-state index >= 15 is 0 Å². The molecule has 4 heteroatoms. The van der Waals surface area contributed by atoms with E-state index in [0.29, 0.717) is 12.3 Å². The van der Waals surface area contributed by atoms with Gasteiger partial charge >= 0.3 is 0 Å². The Bertz CT molecular complexity index is 105. The predicted molar refractivity (Wildman–Crippen MR) is 39.3 cm³/mol. The first-order valence-corrected chi connectivity index (χ1v) is 4.91. The van der Waals surface area contributed by atoms with E-state index in [0.717, 1.165) is 6.42 Å². The molecule has 1 unspecified atom stereocenters. The molecule has 0 amide bonds. The molecule has 0 saturated carbocycles. The van der Waals surface area contributed by atoms with Crippen molar-refractivity contribution in [1.82, 2.24) is 6.15 Å². The first-order valence-electron chi connectivity index (χ1n) is 2.91. The topological polar surface area (TPSA) is 76.6 Å². The van der Waals surface area contributed by atoms with Crippen LogP contribution in [0.1, 0.15) is 20.3 Å². The van der Waals surface area contributed by atoms with Crippen LogP contribution in [0.2, 0.25) is 0 Å². The van der Waals surface area contributed by atoms with E-state index in [1.807, 2.05) is 6.92 Å². The zero-order chi connectivity index (χ0) is 6.62. The third-order valence-electron chi connectivity index (χ3n) is 1.05. The number of hydrogen-bond donors (Lipinski definition) is 1. The summed E-state index contributed by atoms with van der Waals surface area (Å²) in [5.41, 5.74) is 0. The molecule has 1 atom stereocenters. The average molecular weight is 153 g/mol. The van der Waals surface area contributed by atoms with Gasteiger partial charge in [0.05, 0.1) is 0 Å². The minimum absolute atomic E-state index is 0. The minimum atomic E-state index is -2.92. The molecule has 0 heterocycles. The summed E-state index contributed by atoms with van der Waals surface area (Å²) in [5.74, 6) is 0. The Labute approximate surface area is 56.5 Å². The van der Waals surface area contributed by atoms with Crippen LogP contribution in [-0.4, -0.2) is 12.3 Å².